The normalized spacial score (nSPS) is 14.9. The molecule has 0 radical (unpaired) electrons. The summed E-state index contributed by atoms with van der Waals surface area (Å²) in [5.41, 5.74) is 0.604. The molecule has 0 aliphatic heterocycles. The van der Waals surface area contributed by atoms with Gasteiger partial charge < -0.3 is 10.1 Å². The van der Waals surface area contributed by atoms with E-state index in [9.17, 15) is 4.39 Å². The van der Waals surface area contributed by atoms with Crippen LogP contribution in [0, 0.1) is 5.82 Å². The maximum Gasteiger partial charge on any atom is 0.128 e. The van der Waals surface area contributed by atoms with Crippen molar-refractivity contribution < 1.29 is 9.13 Å². The zero-order valence-electron chi connectivity index (χ0n) is 9.46. The van der Waals surface area contributed by atoms with E-state index < -0.39 is 0 Å². The molecule has 1 rings (SSSR count). The number of hydrogen-bond acceptors (Lipinski definition) is 2. The summed E-state index contributed by atoms with van der Waals surface area (Å²) in [5.74, 6) is -0.207. The van der Waals surface area contributed by atoms with Crippen LogP contribution in [0.3, 0.4) is 0 Å². The van der Waals surface area contributed by atoms with Gasteiger partial charge in [-0.1, -0.05) is 18.2 Å². The third-order valence-electron chi connectivity index (χ3n) is 2.62. The molecule has 0 fully saturated rings. The van der Waals surface area contributed by atoms with Gasteiger partial charge in [0.25, 0.3) is 0 Å². The Morgan fingerprint density at radius 3 is 2.60 bits per heavy atom. The third kappa shape index (κ3) is 3.61. The van der Waals surface area contributed by atoms with Gasteiger partial charge in [0.1, 0.15) is 5.82 Å². The van der Waals surface area contributed by atoms with Crippen LogP contribution in [0.25, 0.3) is 0 Å². The minimum atomic E-state index is -0.207. The Labute approximate surface area is 90.4 Å². The standard InChI is InChI=1S/C12H18FNO/c1-9(14-3)10(2)15-8-11-6-4-5-7-12(11)13/h4-7,9-10,14H,8H2,1-3H3. The minimum absolute atomic E-state index is 0.0645. The van der Waals surface area contributed by atoms with Gasteiger partial charge in [-0.15, -0.1) is 0 Å². The highest BCUT2D eigenvalue weighted by Gasteiger charge is 2.11. The van der Waals surface area contributed by atoms with Crippen LogP contribution in [0.15, 0.2) is 24.3 Å². The van der Waals surface area contributed by atoms with Crippen LogP contribution < -0.4 is 5.32 Å². The lowest BCUT2D eigenvalue weighted by molar-refractivity contribution is 0.0316. The summed E-state index contributed by atoms with van der Waals surface area (Å²) < 4.78 is 18.8. The van der Waals surface area contributed by atoms with Crippen molar-refractivity contribution in [3.05, 3.63) is 35.6 Å². The molecule has 2 nitrogen and oxygen atoms in total. The van der Waals surface area contributed by atoms with Crippen molar-refractivity contribution in [3.8, 4) is 0 Å². The molecule has 0 saturated carbocycles. The molecule has 0 spiro atoms. The van der Waals surface area contributed by atoms with Gasteiger partial charge in [0.2, 0.25) is 0 Å². The summed E-state index contributed by atoms with van der Waals surface area (Å²) >= 11 is 0. The molecule has 1 N–H and O–H groups in total. The van der Waals surface area contributed by atoms with Crippen LogP contribution in [0.4, 0.5) is 4.39 Å². The van der Waals surface area contributed by atoms with Crippen molar-refractivity contribution >= 4 is 0 Å². The Kier molecular flexibility index (Phi) is 4.72. The van der Waals surface area contributed by atoms with Crippen LogP contribution in [0.1, 0.15) is 19.4 Å². The number of ether oxygens (including phenoxy) is 1. The van der Waals surface area contributed by atoms with E-state index in [0.29, 0.717) is 12.2 Å². The molecule has 2 unspecified atom stereocenters. The maximum atomic E-state index is 13.2. The molecule has 3 heteroatoms. The van der Waals surface area contributed by atoms with Crippen LogP contribution in [-0.4, -0.2) is 19.2 Å². The first-order valence-corrected chi connectivity index (χ1v) is 5.17. The number of halogens is 1. The molecular weight excluding hydrogens is 193 g/mol. The van der Waals surface area contributed by atoms with Crippen LogP contribution in [0.5, 0.6) is 0 Å². The molecule has 1 aromatic rings. The Morgan fingerprint density at radius 1 is 1.33 bits per heavy atom. The number of benzene rings is 1. The molecule has 0 aliphatic rings. The maximum absolute atomic E-state index is 13.2. The summed E-state index contributed by atoms with van der Waals surface area (Å²) in [5, 5.41) is 3.10. The van der Waals surface area contributed by atoms with Crippen LogP contribution in [0.2, 0.25) is 0 Å². The van der Waals surface area contributed by atoms with Crippen molar-refractivity contribution in [1.82, 2.24) is 5.32 Å². The van der Waals surface area contributed by atoms with Crippen molar-refractivity contribution in [2.45, 2.75) is 32.6 Å². The minimum Gasteiger partial charge on any atom is -0.372 e. The monoisotopic (exact) mass is 211 g/mol. The quantitative estimate of drug-likeness (QED) is 0.807. The van der Waals surface area contributed by atoms with E-state index in [0.717, 1.165) is 0 Å². The second-order valence-electron chi connectivity index (χ2n) is 3.68. The van der Waals surface area contributed by atoms with Gasteiger partial charge in [-0.25, -0.2) is 4.39 Å². The largest absolute Gasteiger partial charge is 0.372 e. The van der Waals surface area contributed by atoms with Crippen molar-refractivity contribution in [3.63, 3.8) is 0 Å². The van der Waals surface area contributed by atoms with Crippen molar-refractivity contribution in [1.29, 1.82) is 0 Å². The van der Waals surface area contributed by atoms with Gasteiger partial charge in [-0.3, -0.25) is 0 Å². The van der Waals surface area contributed by atoms with Gasteiger partial charge in [0, 0.05) is 11.6 Å². The Balaban J connectivity index is 2.47. The SMILES string of the molecule is CNC(C)C(C)OCc1ccccc1F. The van der Waals surface area contributed by atoms with Gasteiger partial charge in [-0.2, -0.15) is 0 Å². The van der Waals surface area contributed by atoms with Crippen molar-refractivity contribution in [2.75, 3.05) is 7.05 Å². The first-order valence-electron chi connectivity index (χ1n) is 5.17. The zero-order chi connectivity index (χ0) is 11.3. The summed E-state index contributed by atoms with van der Waals surface area (Å²) in [6.07, 6.45) is 0.0645. The molecule has 15 heavy (non-hydrogen) atoms. The number of likely N-dealkylation sites (N-methyl/N-ethyl adjacent to an activating group) is 1. The fourth-order valence-corrected chi connectivity index (χ4v) is 1.22. The first kappa shape index (κ1) is 12.1. The second-order valence-corrected chi connectivity index (χ2v) is 3.68. The molecule has 84 valence electrons. The zero-order valence-corrected chi connectivity index (χ0v) is 9.46. The van der Waals surface area contributed by atoms with E-state index in [1.54, 1.807) is 12.1 Å². The summed E-state index contributed by atoms with van der Waals surface area (Å²) in [6, 6.07) is 6.94. The predicted octanol–water partition coefficient (Wildman–Crippen LogP) is 2.34. The second kappa shape index (κ2) is 5.83. The number of nitrogens with one attached hydrogen (secondary N) is 1. The van der Waals surface area contributed by atoms with E-state index in [1.165, 1.54) is 6.07 Å². The lowest BCUT2D eigenvalue weighted by atomic mass is 10.2. The topological polar surface area (TPSA) is 21.3 Å². The average molecular weight is 211 g/mol. The number of rotatable bonds is 5. The molecule has 0 heterocycles. The number of hydrogen-bond donors (Lipinski definition) is 1. The molecule has 0 aromatic heterocycles. The van der Waals surface area contributed by atoms with Gasteiger partial charge in [0.15, 0.2) is 0 Å². The highest BCUT2D eigenvalue weighted by atomic mass is 19.1. The molecule has 0 bridgehead atoms. The summed E-state index contributed by atoms with van der Waals surface area (Å²) in [6.45, 7) is 4.33. The van der Waals surface area contributed by atoms with Gasteiger partial charge in [0.05, 0.1) is 12.7 Å². The van der Waals surface area contributed by atoms with E-state index in [2.05, 4.69) is 5.32 Å². The fraction of sp³-hybridized carbons (Fsp3) is 0.500. The lowest BCUT2D eigenvalue weighted by Gasteiger charge is -2.19. The van der Waals surface area contributed by atoms with E-state index in [-0.39, 0.29) is 18.0 Å². The van der Waals surface area contributed by atoms with Crippen molar-refractivity contribution in [2.24, 2.45) is 0 Å². The summed E-state index contributed by atoms with van der Waals surface area (Å²) in [4.78, 5) is 0. The highest BCUT2D eigenvalue weighted by molar-refractivity contribution is 5.16. The Hall–Kier alpha value is -0.930. The van der Waals surface area contributed by atoms with Gasteiger partial charge in [-0.05, 0) is 27.0 Å². The first-order chi connectivity index (χ1) is 7.15. The van der Waals surface area contributed by atoms with Crippen LogP contribution >= 0.6 is 0 Å². The smallest absolute Gasteiger partial charge is 0.128 e. The lowest BCUT2D eigenvalue weighted by Crippen LogP contribution is -2.34. The molecule has 0 aliphatic carbocycles. The molecule has 1 aromatic carbocycles. The molecular formula is C12H18FNO. The van der Waals surface area contributed by atoms with E-state index in [4.69, 9.17) is 4.74 Å². The molecule has 2 atom stereocenters. The van der Waals surface area contributed by atoms with Crippen LogP contribution in [-0.2, 0) is 11.3 Å². The summed E-state index contributed by atoms with van der Waals surface area (Å²) in [7, 11) is 1.88. The fourth-order valence-electron chi connectivity index (χ4n) is 1.22. The Morgan fingerprint density at radius 2 is 2.00 bits per heavy atom. The highest BCUT2D eigenvalue weighted by Crippen LogP contribution is 2.09. The third-order valence-corrected chi connectivity index (χ3v) is 2.62. The molecule has 0 amide bonds. The predicted molar refractivity (Wildman–Crippen MR) is 59.2 cm³/mol. The van der Waals surface area contributed by atoms with E-state index in [1.807, 2.05) is 27.0 Å². The Bertz CT molecular complexity index is 303. The molecule has 0 saturated heterocycles. The van der Waals surface area contributed by atoms with Gasteiger partial charge >= 0.3 is 0 Å². The van der Waals surface area contributed by atoms with E-state index >= 15 is 0 Å². The average Bonchev–Trinajstić information content (AvgIpc) is 2.26.